The van der Waals surface area contributed by atoms with Gasteiger partial charge in [0.05, 0.1) is 17.3 Å². The van der Waals surface area contributed by atoms with E-state index in [2.05, 4.69) is 4.99 Å². The number of amides is 1. The number of ether oxygens (including phenoxy) is 1. The number of methoxy groups -OCH3 is 1. The highest BCUT2D eigenvalue weighted by Gasteiger charge is 2.14. The molecule has 0 N–H and O–H groups in total. The van der Waals surface area contributed by atoms with Crippen molar-refractivity contribution in [3.63, 3.8) is 0 Å². The highest BCUT2D eigenvalue weighted by atomic mass is 32.1. The van der Waals surface area contributed by atoms with Gasteiger partial charge in [-0.25, -0.2) is 0 Å². The van der Waals surface area contributed by atoms with E-state index in [9.17, 15) is 9.59 Å². The van der Waals surface area contributed by atoms with Gasteiger partial charge < -0.3 is 9.30 Å². The van der Waals surface area contributed by atoms with Gasteiger partial charge in [-0.3, -0.25) is 9.59 Å². The Morgan fingerprint density at radius 2 is 1.79 bits per heavy atom. The number of rotatable bonds is 3. The van der Waals surface area contributed by atoms with Gasteiger partial charge in [0.2, 0.25) is 0 Å². The fraction of sp³-hybridized carbons (Fsp3) is 0.136. The van der Waals surface area contributed by atoms with Crippen LogP contribution in [0, 0.1) is 6.92 Å². The van der Waals surface area contributed by atoms with Crippen molar-refractivity contribution in [2.24, 2.45) is 4.99 Å². The number of fused-ring (bicyclic) bond motifs is 3. The van der Waals surface area contributed by atoms with E-state index in [0.29, 0.717) is 10.4 Å². The lowest BCUT2D eigenvalue weighted by Crippen LogP contribution is -2.22. The minimum atomic E-state index is -0.392. The molecule has 4 aromatic rings. The van der Waals surface area contributed by atoms with Gasteiger partial charge in [-0.1, -0.05) is 59.4 Å². The van der Waals surface area contributed by atoms with E-state index in [1.165, 1.54) is 18.4 Å². The van der Waals surface area contributed by atoms with Crippen molar-refractivity contribution < 1.29 is 14.3 Å². The first-order valence-corrected chi connectivity index (χ1v) is 9.62. The van der Waals surface area contributed by atoms with Crippen LogP contribution >= 0.6 is 11.3 Å². The summed E-state index contributed by atoms with van der Waals surface area (Å²) < 4.78 is 7.56. The van der Waals surface area contributed by atoms with E-state index < -0.39 is 5.97 Å². The molecule has 0 aliphatic carbocycles. The summed E-state index contributed by atoms with van der Waals surface area (Å²) in [6.45, 7) is 1.96. The number of aryl methyl sites for hydroxylation is 1. The zero-order valence-electron chi connectivity index (χ0n) is 15.5. The predicted molar refractivity (Wildman–Crippen MR) is 110 cm³/mol. The first kappa shape index (κ1) is 18.1. The summed E-state index contributed by atoms with van der Waals surface area (Å²) in [5, 5.41) is 2.16. The topological polar surface area (TPSA) is 60.7 Å². The van der Waals surface area contributed by atoms with E-state index >= 15 is 0 Å². The van der Waals surface area contributed by atoms with Crippen LogP contribution in [-0.2, 0) is 16.1 Å². The lowest BCUT2D eigenvalue weighted by Gasteiger charge is -2.04. The number of carbonyl (C=O) groups is 2. The van der Waals surface area contributed by atoms with Gasteiger partial charge in [0.15, 0.2) is 4.80 Å². The molecule has 3 aromatic carbocycles. The lowest BCUT2D eigenvalue weighted by atomic mass is 10.1. The van der Waals surface area contributed by atoms with Gasteiger partial charge in [-0.2, -0.15) is 4.99 Å². The third-order valence-corrected chi connectivity index (χ3v) is 5.71. The summed E-state index contributed by atoms with van der Waals surface area (Å²) in [5.74, 6) is -0.730. The Balaban J connectivity index is 1.93. The number of thiazole rings is 1. The second-order valence-electron chi connectivity index (χ2n) is 6.46. The molecule has 1 heterocycles. The summed E-state index contributed by atoms with van der Waals surface area (Å²) in [4.78, 5) is 29.5. The number of hydrogen-bond acceptors (Lipinski definition) is 4. The van der Waals surface area contributed by atoms with Crippen molar-refractivity contribution in [3.8, 4) is 0 Å². The van der Waals surface area contributed by atoms with Crippen LogP contribution in [0.15, 0.2) is 65.7 Å². The van der Waals surface area contributed by atoms with Gasteiger partial charge in [0.25, 0.3) is 5.91 Å². The molecular formula is C22H18N2O3S. The van der Waals surface area contributed by atoms with Gasteiger partial charge in [-0.15, -0.1) is 0 Å². The maximum absolute atomic E-state index is 12.7. The van der Waals surface area contributed by atoms with Crippen LogP contribution in [0.4, 0.5) is 0 Å². The standard InChI is InChI=1S/C22H18N2O3S/c1-14-7-9-16(10-8-14)21(26)23-22-24(13-19(25)27-2)18-12-11-15-5-3-4-6-17(15)20(18)28-22/h3-12H,13H2,1-2H3. The molecule has 1 aromatic heterocycles. The van der Waals surface area contributed by atoms with Gasteiger partial charge >= 0.3 is 5.97 Å². The van der Waals surface area contributed by atoms with Gasteiger partial charge in [0.1, 0.15) is 6.54 Å². The SMILES string of the molecule is COC(=O)Cn1c(=NC(=O)c2ccc(C)cc2)sc2c3ccccc3ccc21. The second-order valence-corrected chi connectivity index (χ2v) is 7.44. The van der Waals surface area contributed by atoms with Crippen LogP contribution in [0.3, 0.4) is 0 Å². The van der Waals surface area contributed by atoms with Crippen molar-refractivity contribution in [1.82, 2.24) is 4.57 Å². The largest absolute Gasteiger partial charge is 0.468 e. The first-order valence-electron chi connectivity index (χ1n) is 8.80. The Morgan fingerprint density at radius 1 is 1.04 bits per heavy atom. The van der Waals surface area contributed by atoms with Crippen LogP contribution in [0.25, 0.3) is 21.0 Å². The monoisotopic (exact) mass is 390 g/mol. The Bertz CT molecular complexity index is 1270. The molecule has 28 heavy (non-hydrogen) atoms. The minimum Gasteiger partial charge on any atom is -0.468 e. The predicted octanol–water partition coefficient (Wildman–Crippen LogP) is 4.08. The molecule has 1 amide bonds. The molecule has 0 aliphatic heterocycles. The van der Waals surface area contributed by atoms with E-state index in [-0.39, 0.29) is 12.5 Å². The Labute approximate surface area is 165 Å². The second kappa shape index (κ2) is 7.40. The van der Waals surface area contributed by atoms with Crippen LogP contribution in [0.5, 0.6) is 0 Å². The van der Waals surface area contributed by atoms with E-state index in [0.717, 1.165) is 26.6 Å². The summed E-state index contributed by atoms with van der Waals surface area (Å²) in [6.07, 6.45) is 0. The smallest absolute Gasteiger partial charge is 0.325 e. The Kier molecular flexibility index (Phi) is 4.79. The molecule has 4 rings (SSSR count). The molecule has 0 fully saturated rings. The zero-order chi connectivity index (χ0) is 19.7. The zero-order valence-corrected chi connectivity index (χ0v) is 16.3. The number of benzene rings is 3. The molecule has 0 aliphatic rings. The molecule has 0 atom stereocenters. The fourth-order valence-corrected chi connectivity index (χ4v) is 4.24. The summed E-state index contributed by atoms with van der Waals surface area (Å²) in [5.41, 5.74) is 2.44. The third-order valence-electron chi connectivity index (χ3n) is 4.58. The Hall–Kier alpha value is -3.25. The van der Waals surface area contributed by atoms with E-state index in [4.69, 9.17) is 4.74 Å². The van der Waals surface area contributed by atoms with Crippen LogP contribution in [-0.4, -0.2) is 23.6 Å². The molecule has 140 valence electrons. The summed E-state index contributed by atoms with van der Waals surface area (Å²) in [7, 11) is 1.35. The molecule has 0 bridgehead atoms. The summed E-state index contributed by atoms with van der Waals surface area (Å²) in [6, 6.07) is 19.2. The van der Waals surface area contributed by atoms with Crippen molar-refractivity contribution >= 4 is 44.2 Å². The van der Waals surface area contributed by atoms with Crippen LogP contribution in [0.1, 0.15) is 15.9 Å². The molecule has 0 saturated heterocycles. The van der Waals surface area contributed by atoms with Crippen molar-refractivity contribution in [2.75, 3.05) is 7.11 Å². The number of hydrogen-bond donors (Lipinski definition) is 0. The molecule has 5 nitrogen and oxygen atoms in total. The average molecular weight is 390 g/mol. The number of carbonyl (C=O) groups excluding carboxylic acids is 2. The highest BCUT2D eigenvalue weighted by molar-refractivity contribution is 7.17. The average Bonchev–Trinajstić information content (AvgIpc) is 3.05. The van der Waals surface area contributed by atoms with Crippen molar-refractivity contribution in [2.45, 2.75) is 13.5 Å². The highest BCUT2D eigenvalue weighted by Crippen LogP contribution is 2.27. The molecule has 0 unspecified atom stereocenters. The molecule has 6 heteroatoms. The summed E-state index contributed by atoms with van der Waals surface area (Å²) >= 11 is 1.40. The molecule has 0 saturated carbocycles. The number of esters is 1. The molecular weight excluding hydrogens is 372 g/mol. The van der Waals surface area contributed by atoms with Gasteiger partial charge in [0, 0.05) is 10.9 Å². The maximum Gasteiger partial charge on any atom is 0.325 e. The normalized spacial score (nSPS) is 11.9. The third kappa shape index (κ3) is 3.34. The number of nitrogens with zero attached hydrogens (tertiary/aromatic N) is 2. The molecule has 0 spiro atoms. The van der Waals surface area contributed by atoms with Crippen LogP contribution < -0.4 is 4.80 Å². The molecule has 0 radical (unpaired) electrons. The minimum absolute atomic E-state index is 0.00511. The Morgan fingerprint density at radius 3 is 2.54 bits per heavy atom. The van der Waals surface area contributed by atoms with E-state index in [1.54, 1.807) is 16.7 Å². The van der Waals surface area contributed by atoms with E-state index in [1.807, 2.05) is 55.5 Å². The van der Waals surface area contributed by atoms with Crippen molar-refractivity contribution in [3.05, 3.63) is 76.6 Å². The fourth-order valence-electron chi connectivity index (χ4n) is 3.08. The number of aromatic nitrogens is 1. The van der Waals surface area contributed by atoms with Crippen molar-refractivity contribution in [1.29, 1.82) is 0 Å². The van der Waals surface area contributed by atoms with Gasteiger partial charge in [-0.05, 0) is 30.5 Å². The van der Waals surface area contributed by atoms with Crippen LogP contribution in [0.2, 0.25) is 0 Å². The quantitative estimate of drug-likeness (QED) is 0.495. The maximum atomic E-state index is 12.7. The lowest BCUT2D eigenvalue weighted by molar-refractivity contribution is -0.141. The first-order chi connectivity index (χ1) is 13.6.